The first-order chi connectivity index (χ1) is 10.2. The molecule has 0 unspecified atom stereocenters. The fraction of sp³-hybridized carbons (Fsp3) is 0.294. The topological polar surface area (TPSA) is 59.2 Å². The Balaban J connectivity index is 1.92. The molecule has 1 amide bonds. The number of carbonyl (C=O) groups is 1. The smallest absolute Gasteiger partial charge is 0.260 e. The van der Waals surface area contributed by atoms with Crippen molar-refractivity contribution in [2.45, 2.75) is 32.4 Å². The highest BCUT2D eigenvalue weighted by Gasteiger charge is 2.34. The molecule has 0 spiro atoms. The van der Waals surface area contributed by atoms with Gasteiger partial charge in [-0.05, 0) is 49.1 Å². The van der Waals surface area contributed by atoms with Crippen molar-refractivity contribution < 1.29 is 4.79 Å². The van der Waals surface area contributed by atoms with Crippen LogP contribution in [0, 0.1) is 6.92 Å². The van der Waals surface area contributed by atoms with E-state index in [0.717, 1.165) is 29.7 Å². The Morgan fingerprint density at radius 1 is 1.29 bits per heavy atom. The zero-order chi connectivity index (χ0) is 14.8. The van der Waals surface area contributed by atoms with Crippen molar-refractivity contribution in [3.8, 4) is 0 Å². The van der Waals surface area contributed by atoms with E-state index in [1.807, 2.05) is 42.2 Å². The third-order valence-electron chi connectivity index (χ3n) is 3.70. The maximum atomic E-state index is 12.8. The minimum absolute atomic E-state index is 0.0224. The van der Waals surface area contributed by atoms with Crippen LogP contribution in [0.1, 0.15) is 34.3 Å². The van der Waals surface area contributed by atoms with Gasteiger partial charge in [-0.15, -0.1) is 0 Å². The van der Waals surface area contributed by atoms with Gasteiger partial charge >= 0.3 is 0 Å². The number of hydrogen-bond donors (Lipinski definition) is 1. The van der Waals surface area contributed by atoms with Gasteiger partial charge in [0.25, 0.3) is 5.91 Å². The zero-order valence-corrected chi connectivity index (χ0v) is 12.1. The predicted octanol–water partition coefficient (Wildman–Crippen LogP) is 2.66. The van der Waals surface area contributed by atoms with Gasteiger partial charge in [-0.3, -0.25) is 9.78 Å². The molecule has 4 nitrogen and oxygen atoms in total. The molecule has 21 heavy (non-hydrogen) atoms. The van der Waals surface area contributed by atoms with E-state index in [-0.39, 0.29) is 5.91 Å². The van der Waals surface area contributed by atoms with Crippen LogP contribution in [-0.2, 0) is 6.54 Å². The van der Waals surface area contributed by atoms with Crippen LogP contribution < -0.4 is 10.6 Å². The fourth-order valence-corrected chi connectivity index (χ4v) is 2.43. The second-order valence-corrected chi connectivity index (χ2v) is 5.53. The standard InChI is InChI=1S/C17H19N3O/c1-12-8-14(11-19-10-12)17(21)20(16-6-7-16)15-4-2-13(9-18)3-5-15/h2-5,8,10-11,16H,6-7,9,18H2,1H3. The van der Waals surface area contributed by atoms with Crippen molar-refractivity contribution in [2.75, 3.05) is 4.90 Å². The first-order valence-electron chi connectivity index (χ1n) is 7.23. The van der Waals surface area contributed by atoms with Gasteiger partial charge in [0.2, 0.25) is 0 Å². The van der Waals surface area contributed by atoms with Gasteiger partial charge in [0.05, 0.1) is 5.56 Å². The van der Waals surface area contributed by atoms with E-state index >= 15 is 0 Å². The molecule has 0 bridgehead atoms. The summed E-state index contributed by atoms with van der Waals surface area (Å²) in [5.74, 6) is 0.0224. The molecule has 0 saturated heterocycles. The van der Waals surface area contributed by atoms with E-state index in [1.54, 1.807) is 12.4 Å². The average Bonchev–Trinajstić information content (AvgIpc) is 3.33. The molecule has 3 rings (SSSR count). The maximum Gasteiger partial charge on any atom is 0.260 e. The van der Waals surface area contributed by atoms with Crippen LogP contribution in [0.15, 0.2) is 42.7 Å². The summed E-state index contributed by atoms with van der Waals surface area (Å²) in [5.41, 5.74) is 9.27. The maximum absolute atomic E-state index is 12.8. The molecule has 4 heteroatoms. The predicted molar refractivity (Wildman–Crippen MR) is 83.1 cm³/mol. The third-order valence-corrected chi connectivity index (χ3v) is 3.70. The molecule has 1 aromatic heterocycles. The highest BCUT2D eigenvalue weighted by Crippen LogP contribution is 2.33. The van der Waals surface area contributed by atoms with Crippen molar-refractivity contribution in [3.63, 3.8) is 0 Å². The summed E-state index contributed by atoms with van der Waals surface area (Å²) in [6.45, 7) is 2.46. The number of anilines is 1. The van der Waals surface area contributed by atoms with Gasteiger partial charge in [-0.25, -0.2) is 0 Å². The lowest BCUT2D eigenvalue weighted by Gasteiger charge is -2.23. The molecule has 108 valence electrons. The molecule has 2 aromatic rings. The van der Waals surface area contributed by atoms with Crippen LogP contribution in [-0.4, -0.2) is 16.9 Å². The Morgan fingerprint density at radius 3 is 2.57 bits per heavy atom. The quantitative estimate of drug-likeness (QED) is 0.937. The van der Waals surface area contributed by atoms with E-state index < -0.39 is 0 Å². The molecule has 1 aliphatic rings. The average molecular weight is 281 g/mol. The van der Waals surface area contributed by atoms with Crippen LogP contribution in [0.4, 0.5) is 5.69 Å². The molecule has 2 N–H and O–H groups in total. The van der Waals surface area contributed by atoms with E-state index in [4.69, 9.17) is 5.73 Å². The van der Waals surface area contributed by atoms with Gasteiger partial charge in [-0.2, -0.15) is 0 Å². The SMILES string of the molecule is Cc1cncc(C(=O)N(c2ccc(CN)cc2)C2CC2)c1. The molecular weight excluding hydrogens is 262 g/mol. The van der Waals surface area contributed by atoms with Crippen molar-refractivity contribution in [1.29, 1.82) is 0 Å². The van der Waals surface area contributed by atoms with Crippen LogP contribution >= 0.6 is 0 Å². The molecular formula is C17H19N3O. The summed E-state index contributed by atoms with van der Waals surface area (Å²) in [7, 11) is 0. The van der Waals surface area contributed by atoms with Crippen molar-refractivity contribution in [2.24, 2.45) is 5.73 Å². The van der Waals surface area contributed by atoms with Gasteiger partial charge in [0, 0.05) is 30.7 Å². The molecule has 0 atom stereocenters. The third kappa shape index (κ3) is 2.95. The number of nitrogens with two attached hydrogens (primary N) is 1. The molecule has 1 fully saturated rings. The lowest BCUT2D eigenvalue weighted by atomic mass is 10.1. The second kappa shape index (κ2) is 5.66. The summed E-state index contributed by atoms with van der Waals surface area (Å²) in [4.78, 5) is 18.8. The van der Waals surface area contributed by atoms with Crippen molar-refractivity contribution in [3.05, 3.63) is 59.4 Å². The largest absolute Gasteiger partial charge is 0.326 e. The van der Waals surface area contributed by atoms with Gasteiger partial charge in [-0.1, -0.05) is 12.1 Å². The normalized spacial score (nSPS) is 14.0. The minimum atomic E-state index is 0.0224. The van der Waals surface area contributed by atoms with Crippen molar-refractivity contribution in [1.82, 2.24) is 4.98 Å². The summed E-state index contributed by atoms with van der Waals surface area (Å²) >= 11 is 0. The fourth-order valence-electron chi connectivity index (χ4n) is 2.43. The van der Waals surface area contributed by atoms with Crippen molar-refractivity contribution >= 4 is 11.6 Å². The Hall–Kier alpha value is -2.20. The highest BCUT2D eigenvalue weighted by atomic mass is 16.2. The Labute approximate surface area is 124 Å². The number of aryl methyl sites for hydroxylation is 1. The van der Waals surface area contributed by atoms with Crippen LogP contribution in [0.2, 0.25) is 0 Å². The number of hydrogen-bond acceptors (Lipinski definition) is 3. The number of amides is 1. The van der Waals surface area contributed by atoms with E-state index in [2.05, 4.69) is 4.98 Å². The number of aromatic nitrogens is 1. The monoisotopic (exact) mass is 281 g/mol. The molecule has 1 aliphatic carbocycles. The van der Waals surface area contributed by atoms with Crippen LogP contribution in [0.5, 0.6) is 0 Å². The second-order valence-electron chi connectivity index (χ2n) is 5.53. The first-order valence-corrected chi connectivity index (χ1v) is 7.23. The summed E-state index contributed by atoms with van der Waals surface area (Å²) < 4.78 is 0. The first kappa shape index (κ1) is 13.8. The molecule has 1 heterocycles. The summed E-state index contributed by atoms with van der Waals surface area (Å²) in [6, 6.07) is 10.1. The van der Waals surface area contributed by atoms with Gasteiger partial charge < -0.3 is 10.6 Å². The zero-order valence-electron chi connectivity index (χ0n) is 12.1. The number of benzene rings is 1. The lowest BCUT2D eigenvalue weighted by Crippen LogP contribution is -2.33. The molecule has 1 aromatic carbocycles. The summed E-state index contributed by atoms with van der Waals surface area (Å²) in [6.07, 6.45) is 5.51. The molecule has 0 radical (unpaired) electrons. The lowest BCUT2D eigenvalue weighted by molar-refractivity contribution is 0.0985. The number of rotatable bonds is 4. The molecule has 1 saturated carbocycles. The van der Waals surface area contributed by atoms with Crippen LogP contribution in [0.3, 0.4) is 0 Å². The Kier molecular flexibility index (Phi) is 3.71. The number of carbonyl (C=O) groups excluding carboxylic acids is 1. The molecule has 0 aliphatic heterocycles. The summed E-state index contributed by atoms with van der Waals surface area (Å²) in [5, 5.41) is 0. The van der Waals surface area contributed by atoms with Crippen LogP contribution in [0.25, 0.3) is 0 Å². The van der Waals surface area contributed by atoms with E-state index in [9.17, 15) is 4.79 Å². The van der Waals surface area contributed by atoms with E-state index in [0.29, 0.717) is 18.2 Å². The van der Waals surface area contributed by atoms with Gasteiger partial charge in [0.1, 0.15) is 0 Å². The Morgan fingerprint density at radius 2 is 2.00 bits per heavy atom. The van der Waals surface area contributed by atoms with E-state index in [1.165, 1.54) is 0 Å². The minimum Gasteiger partial charge on any atom is -0.326 e. The number of pyridine rings is 1. The Bertz CT molecular complexity index is 647. The van der Waals surface area contributed by atoms with Gasteiger partial charge in [0.15, 0.2) is 0 Å². The highest BCUT2D eigenvalue weighted by molar-refractivity contribution is 6.06. The number of nitrogens with zero attached hydrogens (tertiary/aromatic N) is 2.